The molecule has 3 aromatic rings. The topological polar surface area (TPSA) is 120 Å². The molecule has 0 atom stereocenters. The van der Waals surface area contributed by atoms with Gasteiger partial charge in [-0.3, -0.25) is 14.8 Å². The van der Waals surface area contributed by atoms with Gasteiger partial charge in [-0.15, -0.1) is 5.10 Å². The zero-order valence-electron chi connectivity index (χ0n) is 15.3. The number of hydrogen-bond donors (Lipinski definition) is 1. The Morgan fingerprint density at radius 3 is 2.41 bits per heavy atom. The molecule has 0 unspecified atom stereocenters. The quantitative estimate of drug-likeness (QED) is 0.710. The van der Waals surface area contributed by atoms with E-state index in [-0.39, 0.29) is 22.4 Å². The monoisotopic (exact) mass is 389 g/mol. The van der Waals surface area contributed by atoms with Crippen LogP contribution in [0.3, 0.4) is 0 Å². The Bertz CT molecular complexity index is 1060. The fourth-order valence-corrected chi connectivity index (χ4v) is 3.34. The second-order valence-corrected chi connectivity index (χ2v) is 8.78. The van der Waals surface area contributed by atoms with Gasteiger partial charge in [0.2, 0.25) is 0 Å². The molecular weight excluding hydrogens is 370 g/mol. The molecule has 0 bridgehead atoms. The maximum Gasteiger partial charge on any atom is 0.322 e. The number of benzene rings is 1. The van der Waals surface area contributed by atoms with Crippen molar-refractivity contribution >= 4 is 21.8 Å². The van der Waals surface area contributed by atoms with Crippen molar-refractivity contribution in [3.63, 3.8) is 0 Å². The summed E-state index contributed by atoms with van der Waals surface area (Å²) in [6.45, 7) is 5.09. The van der Waals surface area contributed by atoms with Crippen molar-refractivity contribution in [2.45, 2.75) is 30.9 Å². The van der Waals surface area contributed by atoms with E-state index in [2.05, 4.69) is 20.6 Å². The highest BCUT2D eigenvalue weighted by molar-refractivity contribution is 7.92. The van der Waals surface area contributed by atoms with Crippen LogP contribution in [0.2, 0.25) is 0 Å². The van der Waals surface area contributed by atoms with Gasteiger partial charge in [-0.05, 0) is 51.1 Å². The van der Waals surface area contributed by atoms with Crippen LogP contribution in [0.1, 0.15) is 29.9 Å². The van der Waals surface area contributed by atoms with Gasteiger partial charge in [0, 0.05) is 18.3 Å². The van der Waals surface area contributed by atoms with Crippen LogP contribution >= 0.6 is 0 Å². The second-order valence-electron chi connectivity index (χ2n) is 6.28. The number of nitrogens with one attached hydrogen (secondary N) is 1. The Hall–Kier alpha value is -3.01. The largest absolute Gasteiger partial charge is 0.401 e. The highest BCUT2D eigenvalue weighted by Gasteiger charge is 2.20. The van der Waals surface area contributed by atoms with Crippen LogP contribution in [0.25, 0.3) is 11.6 Å². The average Bonchev–Trinajstić information content (AvgIpc) is 3.21. The van der Waals surface area contributed by atoms with Gasteiger partial charge in [-0.2, -0.15) is 5.10 Å². The molecule has 142 valence electrons. The van der Waals surface area contributed by atoms with Crippen LogP contribution in [0.4, 0.5) is 6.01 Å². The first kappa shape index (κ1) is 18.8. The van der Waals surface area contributed by atoms with Crippen molar-refractivity contribution in [3.05, 3.63) is 41.6 Å². The number of aryl methyl sites for hydroxylation is 2. The van der Waals surface area contributed by atoms with Crippen molar-refractivity contribution in [2.24, 2.45) is 7.05 Å². The summed E-state index contributed by atoms with van der Waals surface area (Å²) in [6, 6.07) is 7.39. The molecule has 0 saturated heterocycles. The maximum absolute atomic E-state index is 12.3. The SMILES string of the molecule is Cc1cc(-c2nnc(NC(=O)c3ccc(S(=O)(=O)C(C)C)cc3)o2)nn1C. The Balaban J connectivity index is 1.74. The van der Waals surface area contributed by atoms with E-state index in [0.29, 0.717) is 5.69 Å². The molecule has 0 aliphatic rings. The van der Waals surface area contributed by atoms with Gasteiger partial charge in [-0.25, -0.2) is 8.42 Å². The molecule has 0 saturated carbocycles. The molecule has 2 aromatic heterocycles. The molecule has 27 heavy (non-hydrogen) atoms. The number of carbonyl (C=O) groups is 1. The molecule has 0 fully saturated rings. The Labute approximate surface area is 156 Å². The summed E-state index contributed by atoms with van der Waals surface area (Å²) in [5.74, 6) is -0.303. The minimum absolute atomic E-state index is 0.0721. The smallest absolute Gasteiger partial charge is 0.322 e. The predicted molar refractivity (Wildman–Crippen MR) is 98.0 cm³/mol. The fourth-order valence-electron chi connectivity index (χ4n) is 2.28. The van der Waals surface area contributed by atoms with Crippen LogP contribution in [-0.2, 0) is 16.9 Å². The molecule has 9 nitrogen and oxygen atoms in total. The van der Waals surface area contributed by atoms with E-state index in [4.69, 9.17) is 4.42 Å². The highest BCUT2D eigenvalue weighted by Crippen LogP contribution is 2.20. The van der Waals surface area contributed by atoms with Gasteiger partial charge in [0.15, 0.2) is 9.84 Å². The fraction of sp³-hybridized carbons (Fsp3) is 0.294. The Morgan fingerprint density at radius 2 is 1.85 bits per heavy atom. The van der Waals surface area contributed by atoms with E-state index in [1.54, 1.807) is 31.6 Å². The summed E-state index contributed by atoms with van der Waals surface area (Å²) in [4.78, 5) is 12.5. The van der Waals surface area contributed by atoms with Gasteiger partial charge < -0.3 is 4.42 Å². The standard InChI is InChI=1S/C17H19N5O4S/c1-10(2)27(24,25)13-7-5-12(6-8-13)15(23)18-17-20-19-16(26-17)14-9-11(3)22(4)21-14/h5-10H,1-4H3,(H,18,20,23). The number of nitrogens with zero attached hydrogens (tertiary/aromatic N) is 4. The third kappa shape index (κ3) is 3.75. The lowest BCUT2D eigenvalue weighted by Crippen LogP contribution is -2.15. The Morgan fingerprint density at radius 1 is 1.19 bits per heavy atom. The summed E-state index contributed by atoms with van der Waals surface area (Å²) in [7, 11) is -1.60. The van der Waals surface area contributed by atoms with Crippen molar-refractivity contribution in [1.82, 2.24) is 20.0 Å². The third-order valence-electron chi connectivity index (χ3n) is 4.04. The van der Waals surface area contributed by atoms with E-state index < -0.39 is 21.0 Å². The minimum atomic E-state index is -3.39. The van der Waals surface area contributed by atoms with E-state index in [9.17, 15) is 13.2 Å². The van der Waals surface area contributed by atoms with Gasteiger partial charge >= 0.3 is 6.01 Å². The normalized spacial score (nSPS) is 11.7. The van der Waals surface area contributed by atoms with Crippen molar-refractivity contribution in [2.75, 3.05) is 5.32 Å². The zero-order chi connectivity index (χ0) is 19.8. The number of aromatic nitrogens is 4. The molecule has 1 aromatic carbocycles. The van der Waals surface area contributed by atoms with E-state index in [0.717, 1.165) is 5.69 Å². The zero-order valence-corrected chi connectivity index (χ0v) is 16.1. The number of carbonyl (C=O) groups excluding carboxylic acids is 1. The van der Waals surface area contributed by atoms with Gasteiger partial charge in [-0.1, -0.05) is 5.10 Å². The van der Waals surface area contributed by atoms with Gasteiger partial charge in [0.1, 0.15) is 5.69 Å². The first-order chi connectivity index (χ1) is 12.7. The maximum atomic E-state index is 12.3. The van der Waals surface area contributed by atoms with E-state index in [1.165, 1.54) is 24.3 Å². The second kappa shape index (κ2) is 6.95. The highest BCUT2D eigenvalue weighted by atomic mass is 32.2. The summed E-state index contributed by atoms with van der Waals surface area (Å²) < 4.78 is 31.3. The number of amides is 1. The van der Waals surface area contributed by atoms with Crippen LogP contribution in [0, 0.1) is 6.92 Å². The average molecular weight is 389 g/mol. The van der Waals surface area contributed by atoms with Gasteiger partial charge in [0.05, 0.1) is 10.1 Å². The lowest BCUT2D eigenvalue weighted by molar-refractivity contribution is 0.102. The number of anilines is 1. The van der Waals surface area contributed by atoms with Crippen LogP contribution in [0.15, 0.2) is 39.6 Å². The molecule has 0 radical (unpaired) electrons. The van der Waals surface area contributed by atoms with Crippen LogP contribution in [-0.4, -0.2) is 39.6 Å². The summed E-state index contributed by atoms with van der Waals surface area (Å²) in [5, 5.41) is 13.8. The summed E-state index contributed by atoms with van der Waals surface area (Å²) >= 11 is 0. The summed E-state index contributed by atoms with van der Waals surface area (Å²) in [5.41, 5.74) is 1.70. The van der Waals surface area contributed by atoms with Gasteiger partial charge in [0.25, 0.3) is 11.8 Å². The van der Waals surface area contributed by atoms with Crippen LogP contribution in [0.5, 0.6) is 0 Å². The molecule has 0 aliphatic carbocycles. The first-order valence-electron chi connectivity index (χ1n) is 8.18. The van der Waals surface area contributed by atoms with E-state index >= 15 is 0 Å². The molecule has 10 heteroatoms. The molecular formula is C17H19N5O4S. The molecule has 1 amide bonds. The van der Waals surface area contributed by atoms with Crippen molar-refractivity contribution in [3.8, 4) is 11.6 Å². The minimum Gasteiger partial charge on any atom is -0.401 e. The number of rotatable bonds is 5. The predicted octanol–water partition coefficient (Wildman–Crippen LogP) is 2.21. The lowest BCUT2D eigenvalue weighted by Gasteiger charge is -2.08. The number of hydrogen-bond acceptors (Lipinski definition) is 7. The number of sulfone groups is 1. The third-order valence-corrected chi connectivity index (χ3v) is 6.21. The molecule has 0 aliphatic heterocycles. The molecule has 0 spiro atoms. The molecule has 2 heterocycles. The summed E-state index contributed by atoms with van der Waals surface area (Å²) in [6.07, 6.45) is 0. The lowest BCUT2D eigenvalue weighted by atomic mass is 10.2. The van der Waals surface area contributed by atoms with Crippen molar-refractivity contribution < 1.29 is 17.6 Å². The molecule has 1 N–H and O–H groups in total. The molecule has 3 rings (SSSR count). The first-order valence-corrected chi connectivity index (χ1v) is 9.73. The Kier molecular flexibility index (Phi) is 4.83. The van der Waals surface area contributed by atoms with E-state index in [1.807, 2.05) is 6.92 Å². The van der Waals surface area contributed by atoms with Crippen LogP contribution < -0.4 is 5.32 Å². The van der Waals surface area contributed by atoms with Crippen molar-refractivity contribution in [1.29, 1.82) is 0 Å².